The Hall–Kier alpha value is -1.64. The van der Waals surface area contributed by atoms with Gasteiger partial charge in [0.05, 0.1) is 22.5 Å². The highest BCUT2D eigenvalue weighted by molar-refractivity contribution is 7.89. The van der Waals surface area contributed by atoms with Gasteiger partial charge in [0.2, 0.25) is 0 Å². The van der Waals surface area contributed by atoms with Crippen LogP contribution in [0, 0.1) is 0 Å². The summed E-state index contributed by atoms with van der Waals surface area (Å²) in [5.74, 6) is 0. The summed E-state index contributed by atoms with van der Waals surface area (Å²) in [5, 5.41) is 0. The van der Waals surface area contributed by atoms with Gasteiger partial charge in [-0.15, -0.1) is 0 Å². The average Bonchev–Trinajstić information content (AvgIpc) is 2.75. The Morgan fingerprint density at radius 3 is 2.55 bits per heavy atom. The van der Waals surface area contributed by atoms with Crippen molar-refractivity contribution < 1.29 is 13.3 Å². The number of imidazole rings is 1. The van der Waals surface area contributed by atoms with Gasteiger partial charge in [0.25, 0.3) is 10.0 Å². The molecule has 7 nitrogen and oxygen atoms in total. The lowest BCUT2D eigenvalue weighted by molar-refractivity contribution is -0.0748. The molecule has 1 aromatic heterocycles. The molecule has 0 N–H and O–H groups in total. The lowest BCUT2D eigenvalue weighted by Crippen LogP contribution is -2.31. The van der Waals surface area contributed by atoms with Crippen molar-refractivity contribution in [2.45, 2.75) is 24.2 Å². The Bertz CT molecular complexity index is 858. The standard InChI is InChI=1S/C14H19N3O4S/c1-15-12-7-6-11(10-13(12)16(2)14(15)18)22(19,20)17-8-4-3-5-9-21-17/h6-7,10H,3-5,8-9H2,1-2H3. The van der Waals surface area contributed by atoms with Crippen LogP contribution in [0.1, 0.15) is 19.3 Å². The molecule has 0 aliphatic carbocycles. The summed E-state index contributed by atoms with van der Waals surface area (Å²) in [6.07, 6.45) is 2.60. The zero-order valence-corrected chi connectivity index (χ0v) is 13.5. The van der Waals surface area contributed by atoms with Crippen LogP contribution in [0.15, 0.2) is 27.9 Å². The van der Waals surface area contributed by atoms with Crippen LogP contribution in [0.25, 0.3) is 11.0 Å². The fourth-order valence-electron chi connectivity index (χ4n) is 2.70. The highest BCUT2D eigenvalue weighted by Gasteiger charge is 2.27. The van der Waals surface area contributed by atoms with Gasteiger partial charge in [0.1, 0.15) is 0 Å². The zero-order chi connectivity index (χ0) is 15.9. The lowest BCUT2D eigenvalue weighted by atomic mass is 10.2. The quantitative estimate of drug-likeness (QED) is 0.825. The second-order valence-corrected chi connectivity index (χ2v) is 7.31. The summed E-state index contributed by atoms with van der Waals surface area (Å²) in [6, 6.07) is 4.70. The minimum Gasteiger partial charge on any atom is -0.295 e. The summed E-state index contributed by atoms with van der Waals surface area (Å²) in [5.41, 5.74) is 1.10. The summed E-state index contributed by atoms with van der Waals surface area (Å²) >= 11 is 0. The van der Waals surface area contributed by atoms with E-state index in [1.54, 1.807) is 20.2 Å². The van der Waals surface area contributed by atoms with Crippen LogP contribution in [0.2, 0.25) is 0 Å². The normalized spacial score (nSPS) is 17.7. The highest BCUT2D eigenvalue weighted by Crippen LogP contribution is 2.23. The van der Waals surface area contributed by atoms with Gasteiger partial charge in [-0.3, -0.25) is 14.0 Å². The average molecular weight is 325 g/mol. The lowest BCUT2D eigenvalue weighted by Gasteiger charge is -2.19. The maximum atomic E-state index is 12.7. The molecule has 0 radical (unpaired) electrons. The van der Waals surface area contributed by atoms with Gasteiger partial charge in [0.15, 0.2) is 0 Å². The summed E-state index contributed by atoms with van der Waals surface area (Å²) in [4.78, 5) is 17.4. The third-order valence-corrected chi connectivity index (χ3v) is 5.70. The fraction of sp³-hybridized carbons (Fsp3) is 0.500. The third kappa shape index (κ3) is 2.37. The van der Waals surface area contributed by atoms with Crippen LogP contribution in [0.5, 0.6) is 0 Å². The van der Waals surface area contributed by atoms with Gasteiger partial charge < -0.3 is 0 Å². The summed E-state index contributed by atoms with van der Waals surface area (Å²) < 4.78 is 29.4. The predicted octanol–water partition coefficient (Wildman–Crippen LogP) is 0.983. The van der Waals surface area contributed by atoms with Gasteiger partial charge in [-0.2, -0.15) is 0 Å². The van der Waals surface area contributed by atoms with E-state index in [1.807, 2.05) is 0 Å². The Labute approximate surface area is 128 Å². The van der Waals surface area contributed by atoms with E-state index in [0.717, 1.165) is 23.7 Å². The van der Waals surface area contributed by atoms with Crippen molar-refractivity contribution >= 4 is 21.1 Å². The monoisotopic (exact) mass is 325 g/mol. The molecule has 1 aliphatic rings. The van der Waals surface area contributed by atoms with E-state index in [1.165, 1.54) is 21.3 Å². The topological polar surface area (TPSA) is 73.5 Å². The molecule has 0 spiro atoms. The first-order valence-corrected chi connectivity index (χ1v) is 8.68. The molecule has 0 atom stereocenters. The molecule has 8 heteroatoms. The largest absolute Gasteiger partial charge is 0.328 e. The molecule has 3 rings (SSSR count). The smallest absolute Gasteiger partial charge is 0.295 e. The SMILES string of the molecule is Cn1c(=O)n(C)c2cc(S(=O)(=O)N3CCCCCO3)ccc21. The van der Waals surface area contributed by atoms with E-state index in [2.05, 4.69) is 0 Å². The van der Waals surface area contributed by atoms with E-state index < -0.39 is 10.0 Å². The van der Waals surface area contributed by atoms with E-state index in [9.17, 15) is 13.2 Å². The fourth-order valence-corrected chi connectivity index (χ4v) is 4.02. The molecule has 0 bridgehead atoms. The number of rotatable bonds is 2. The van der Waals surface area contributed by atoms with Crippen LogP contribution >= 0.6 is 0 Å². The van der Waals surface area contributed by atoms with E-state index >= 15 is 0 Å². The Morgan fingerprint density at radius 2 is 1.77 bits per heavy atom. The van der Waals surface area contributed by atoms with Crippen LogP contribution in [-0.4, -0.2) is 35.2 Å². The van der Waals surface area contributed by atoms with Gasteiger partial charge in [-0.1, -0.05) is 4.47 Å². The number of aromatic nitrogens is 2. The molecule has 22 heavy (non-hydrogen) atoms. The first-order chi connectivity index (χ1) is 10.4. The number of hydrogen-bond donors (Lipinski definition) is 0. The molecule has 0 amide bonds. The number of sulfonamides is 1. The number of nitrogens with zero attached hydrogens (tertiary/aromatic N) is 3. The van der Waals surface area contributed by atoms with Crippen molar-refractivity contribution in [3.8, 4) is 0 Å². The van der Waals surface area contributed by atoms with Gasteiger partial charge in [-0.25, -0.2) is 13.2 Å². The molecule has 0 saturated carbocycles. The number of hydroxylamine groups is 1. The second kappa shape index (κ2) is 5.53. The van der Waals surface area contributed by atoms with Crippen molar-refractivity contribution in [3.63, 3.8) is 0 Å². The number of hydrogen-bond acceptors (Lipinski definition) is 4. The van der Waals surface area contributed by atoms with E-state index in [0.29, 0.717) is 24.2 Å². The minimum atomic E-state index is -3.71. The van der Waals surface area contributed by atoms with Crippen molar-refractivity contribution in [3.05, 3.63) is 28.7 Å². The predicted molar refractivity (Wildman–Crippen MR) is 81.9 cm³/mol. The molecular weight excluding hydrogens is 306 g/mol. The molecule has 1 saturated heterocycles. The second-order valence-electron chi connectivity index (χ2n) is 5.48. The van der Waals surface area contributed by atoms with Gasteiger partial charge in [0, 0.05) is 20.6 Å². The maximum absolute atomic E-state index is 12.7. The Balaban J connectivity index is 2.09. The van der Waals surface area contributed by atoms with Gasteiger partial charge in [-0.05, 0) is 37.5 Å². The van der Waals surface area contributed by atoms with E-state index in [4.69, 9.17) is 4.84 Å². The minimum absolute atomic E-state index is 0.142. The molecule has 1 fully saturated rings. The van der Waals surface area contributed by atoms with Crippen LogP contribution in [0.4, 0.5) is 0 Å². The molecule has 0 unspecified atom stereocenters. The first-order valence-electron chi connectivity index (χ1n) is 7.24. The molecule has 1 aliphatic heterocycles. The van der Waals surface area contributed by atoms with Crippen molar-refractivity contribution in [1.29, 1.82) is 0 Å². The molecule has 1 aromatic carbocycles. The zero-order valence-electron chi connectivity index (χ0n) is 12.7. The van der Waals surface area contributed by atoms with Crippen LogP contribution in [-0.2, 0) is 29.0 Å². The van der Waals surface area contributed by atoms with Crippen molar-refractivity contribution in [2.24, 2.45) is 14.1 Å². The molecule has 120 valence electrons. The molecular formula is C14H19N3O4S. The van der Waals surface area contributed by atoms with Crippen LogP contribution in [0.3, 0.4) is 0 Å². The summed E-state index contributed by atoms with van der Waals surface area (Å²) in [7, 11) is -0.419. The number of aryl methyl sites for hydroxylation is 2. The summed E-state index contributed by atoms with van der Waals surface area (Å²) in [6.45, 7) is 0.763. The highest BCUT2D eigenvalue weighted by atomic mass is 32.2. The Morgan fingerprint density at radius 1 is 1.05 bits per heavy atom. The molecule has 2 aromatic rings. The maximum Gasteiger partial charge on any atom is 0.328 e. The number of fused-ring (bicyclic) bond motifs is 1. The third-order valence-electron chi connectivity index (χ3n) is 4.03. The molecule has 2 heterocycles. The van der Waals surface area contributed by atoms with Crippen molar-refractivity contribution in [1.82, 2.24) is 13.6 Å². The van der Waals surface area contributed by atoms with Crippen molar-refractivity contribution in [2.75, 3.05) is 13.2 Å². The Kier molecular flexibility index (Phi) is 3.84. The van der Waals surface area contributed by atoms with E-state index in [-0.39, 0.29) is 10.6 Å². The van der Waals surface area contributed by atoms with Crippen LogP contribution < -0.4 is 5.69 Å². The number of benzene rings is 1. The first kappa shape index (κ1) is 15.3. The van der Waals surface area contributed by atoms with Gasteiger partial charge >= 0.3 is 5.69 Å².